The number of pyridine rings is 1. The summed E-state index contributed by atoms with van der Waals surface area (Å²) < 4.78 is 35.5. The third-order valence-electron chi connectivity index (χ3n) is 1.87. The van der Waals surface area contributed by atoms with E-state index in [2.05, 4.69) is 15.7 Å². The number of halogens is 3. The first kappa shape index (κ1) is 12.6. The molecule has 0 amide bonds. The molecule has 0 radical (unpaired) electrons. The van der Waals surface area contributed by atoms with Gasteiger partial charge in [0.2, 0.25) is 0 Å². The zero-order valence-electron chi connectivity index (χ0n) is 8.51. The first-order chi connectivity index (χ1) is 7.51. The van der Waals surface area contributed by atoms with Gasteiger partial charge in [-0.15, -0.1) is 0 Å². The van der Waals surface area contributed by atoms with Crippen molar-refractivity contribution in [1.82, 2.24) is 4.98 Å². The Labute approximate surface area is 91.0 Å². The van der Waals surface area contributed by atoms with Crippen molar-refractivity contribution < 1.29 is 13.2 Å². The van der Waals surface area contributed by atoms with E-state index in [0.717, 1.165) is 0 Å². The molecule has 0 saturated carbocycles. The van der Waals surface area contributed by atoms with Crippen LogP contribution >= 0.6 is 0 Å². The number of hydrazine groups is 1. The molecule has 1 aromatic heterocycles. The topological polar surface area (TPSA) is 63.0 Å². The zero-order chi connectivity index (χ0) is 12.0. The number of hydrogen-bond acceptors (Lipinski definition) is 4. The lowest BCUT2D eigenvalue weighted by atomic mass is 10.3. The highest BCUT2D eigenvalue weighted by molar-refractivity contribution is 5.51. The molecular weight excluding hydrogens is 221 g/mol. The zero-order valence-corrected chi connectivity index (χ0v) is 8.51. The number of aromatic nitrogens is 1. The van der Waals surface area contributed by atoms with Gasteiger partial charge in [0.15, 0.2) is 0 Å². The molecule has 1 aromatic rings. The summed E-state index contributed by atoms with van der Waals surface area (Å²) >= 11 is 0. The van der Waals surface area contributed by atoms with Crippen LogP contribution in [0.2, 0.25) is 0 Å². The highest BCUT2D eigenvalue weighted by Gasteiger charge is 2.25. The predicted molar refractivity (Wildman–Crippen MR) is 55.8 cm³/mol. The summed E-state index contributed by atoms with van der Waals surface area (Å²) in [5, 5.41) is 2.86. The van der Waals surface area contributed by atoms with Gasteiger partial charge in [-0.05, 0) is 12.5 Å². The molecule has 1 rings (SSSR count). The first-order valence-corrected chi connectivity index (χ1v) is 4.74. The Hall–Kier alpha value is -1.50. The molecule has 0 aliphatic rings. The minimum atomic E-state index is -4.09. The Balaban J connectivity index is 2.32. The minimum absolute atomic E-state index is 0.0389. The van der Waals surface area contributed by atoms with Crippen LogP contribution in [0.5, 0.6) is 0 Å². The summed E-state index contributed by atoms with van der Waals surface area (Å²) in [5.74, 6) is 5.60. The maximum Gasteiger partial charge on any atom is 0.389 e. The largest absolute Gasteiger partial charge is 0.389 e. The maximum absolute atomic E-state index is 11.8. The molecule has 0 spiro atoms. The standard InChI is InChI=1S/C9H13F3N4/c10-9(11,12)3-1-4-14-7-2-5-15-8(6-7)16-13/h2,5-6H,1,3-4,13H2,(H2,14,15,16). The van der Waals surface area contributed by atoms with E-state index < -0.39 is 12.6 Å². The molecule has 0 aliphatic heterocycles. The summed E-state index contributed by atoms with van der Waals surface area (Å²) in [6, 6.07) is 3.28. The van der Waals surface area contributed by atoms with Crippen LogP contribution in [0.25, 0.3) is 0 Å². The average Bonchev–Trinajstić information content (AvgIpc) is 2.23. The molecule has 7 heteroatoms. The lowest BCUT2D eigenvalue weighted by Gasteiger charge is -2.09. The van der Waals surface area contributed by atoms with Gasteiger partial charge in [-0.1, -0.05) is 0 Å². The fraction of sp³-hybridized carbons (Fsp3) is 0.444. The maximum atomic E-state index is 11.8. The second-order valence-corrected chi connectivity index (χ2v) is 3.22. The quantitative estimate of drug-likeness (QED) is 0.415. The van der Waals surface area contributed by atoms with E-state index in [-0.39, 0.29) is 13.0 Å². The van der Waals surface area contributed by atoms with E-state index in [1.54, 1.807) is 12.1 Å². The molecule has 1 heterocycles. The van der Waals surface area contributed by atoms with Crippen molar-refractivity contribution in [2.24, 2.45) is 5.84 Å². The van der Waals surface area contributed by atoms with Crippen molar-refractivity contribution in [2.45, 2.75) is 19.0 Å². The van der Waals surface area contributed by atoms with Crippen molar-refractivity contribution in [1.29, 1.82) is 0 Å². The molecule has 0 bridgehead atoms. The van der Waals surface area contributed by atoms with Crippen LogP contribution in [0.15, 0.2) is 18.3 Å². The Bertz CT molecular complexity index is 327. The molecule has 4 nitrogen and oxygen atoms in total. The van der Waals surface area contributed by atoms with E-state index >= 15 is 0 Å². The first-order valence-electron chi connectivity index (χ1n) is 4.74. The lowest BCUT2D eigenvalue weighted by Crippen LogP contribution is -2.12. The van der Waals surface area contributed by atoms with Crippen LogP contribution < -0.4 is 16.6 Å². The Kier molecular flexibility index (Phi) is 4.36. The van der Waals surface area contributed by atoms with Gasteiger partial charge in [0.25, 0.3) is 0 Å². The molecule has 0 aromatic carbocycles. The second-order valence-electron chi connectivity index (χ2n) is 3.22. The molecule has 90 valence electrons. The Morgan fingerprint density at radius 2 is 2.12 bits per heavy atom. The summed E-state index contributed by atoms with van der Waals surface area (Å²) in [6.45, 7) is 0.257. The highest BCUT2D eigenvalue weighted by atomic mass is 19.4. The van der Waals surface area contributed by atoms with Crippen LogP contribution in [0.4, 0.5) is 24.7 Å². The lowest BCUT2D eigenvalue weighted by molar-refractivity contribution is -0.134. The number of nitrogen functional groups attached to an aromatic ring is 1. The number of anilines is 2. The normalized spacial score (nSPS) is 11.2. The predicted octanol–water partition coefficient (Wildman–Crippen LogP) is 2.12. The third kappa shape index (κ3) is 4.83. The SMILES string of the molecule is NNc1cc(NCCCC(F)(F)F)ccn1. The molecule has 0 aliphatic carbocycles. The van der Waals surface area contributed by atoms with Gasteiger partial charge < -0.3 is 10.7 Å². The number of nitrogens with two attached hydrogens (primary N) is 1. The van der Waals surface area contributed by atoms with Gasteiger partial charge in [0.05, 0.1) is 0 Å². The molecule has 0 unspecified atom stereocenters. The molecule has 0 fully saturated rings. The number of rotatable bonds is 5. The summed E-state index contributed by atoms with van der Waals surface area (Å²) in [6.07, 6.45) is -3.32. The van der Waals surface area contributed by atoms with Gasteiger partial charge in [0.1, 0.15) is 5.82 Å². The highest BCUT2D eigenvalue weighted by Crippen LogP contribution is 2.21. The van der Waals surface area contributed by atoms with Crippen molar-refractivity contribution in [3.8, 4) is 0 Å². The summed E-state index contributed by atoms with van der Waals surface area (Å²) in [7, 11) is 0. The minimum Gasteiger partial charge on any atom is -0.385 e. The number of alkyl halides is 3. The number of nitrogens with one attached hydrogen (secondary N) is 2. The fourth-order valence-corrected chi connectivity index (χ4v) is 1.14. The van der Waals surface area contributed by atoms with E-state index in [9.17, 15) is 13.2 Å². The van der Waals surface area contributed by atoms with Crippen molar-refractivity contribution >= 4 is 11.5 Å². The van der Waals surface area contributed by atoms with E-state index in [0.29, 0.717) is 11.5 Å². The van der Waals surface area contributed by atoms with Crippen molar-refractivity contribution in [3.05, 3.63) is 18.3 Å². The van der Waals surface area contributed by atoms with Gasteiger partial charge in [-0.3, -0.25) is 0 Å². The molecular formula is C9H13F3N4. The molecule has 4 N–H and O–H groups in total. The summed E-state index contributed by atoms with van der Waals surface area (Å²) in [5.41, 5.74) is 3.04. The van der Waals surface area contributed by atoms with Gasteiger partial charge in [-0.25, -0.2) is 10.8 Å². The number of nitrogens with zero attached hydrogens (tertiary/aromatic N) is 1. The number of hydrogen-bond donors (Lipinski definition) is 3. The second kappa shape index (κ2) is 5.55. The van der Waals surface area contributed by atoms with Crippen molar-refractivity contribution in [2.75, 3.05) is 17.3 Å². The Morgan fingerprint density at radius 1 is 1.38 bits per heavy atom. The van der Waals surface area contributed by atoms with Gasteiger partial charge in [-0.2, -0.15) is 13.2 Å². The van der Waals surface area contributed by atoms with Gasteiger partial charge in [0, 0.05) is 30.9 Å². The van der Waals surface area contributed by atoms with Crippen LogP contribution in [0, 0.1) is 0 Å². The fourth-order valence-electron chi connectivity index (χ4n) is 1.14. The molecule has 0 atom stereocenters. The third-order valence-corrected chi connectivity index (χ3v) is 1.87. The van der Waals surface area contributed by atoms with E-state index in [1.807, 2.05) is 0 Å². The molecule has 16 heavy (non-hydrogen) atoms. The smallest absolute Gasteiger partial charge is 0.385 e. The van der Waals surface area contributed by atoms with Gasteiger partial charge >= 0.3 is 6.18 Å². The average molecular weight is 234 g/mol. The van der Waals surface area contributed by atoms with Crippen LogP contribution in [-0.2, 0) is 0 Å². The van der Waals surface area contributed by atoms with E-state index in [1.165, 1.54) is 6.20 Å². The van der Waals surface area contributed by atoms with E-state index in [4.69, 9.17) is 5.84 Å². The molecule has 0 saturated heterocycles. The Morgan fingerprint density at radius 3 is 2.75 bits per heavy atom. The van der Waals surface area contributed by atoms with Crippen LogP contribution in [0.1, 0.15) is 12.8 Å². The van der Waals surface area contributed by atoms with Crippen LogP contribution in [-0.4, -0.2) is 17.7 Å². The van der Waals surface area contributed by atoms with Crippen LogP contribution in [0.3, 0.4) is 0 Å². The monoisotopic (exact) mass is 234 g/mol. The van der Waals surface area contributed by atoms with Crippen molar-refractivity contribution in [3.63, 3.8) is 0 Å². The summed E-state index contributed by atoms with van der Waals surface area (Å²) in [4.78, 5) is 3.87.